The molecule has 0 aliphatic rings. The summed E-state index contributed by atoms with van der Waals surface area (Å²) in [6.45, 7) is 4.10. The molecule has 0 radical (unpaired) electrons. The molecule has 0 fully saturated rings. The Labute approximate surface area is 175 Å². The fourth-order valence-electron chi connectivity index (χ4n) is 2.63. The maximum Gasteiger partial charge on any atom is 0.352 e. The van der Waals surface area contributed by atoms with Crippen molar-refractivity contribution in [3.8, 4) is 17.2 Å². The third-order valence-corrected chi connectivity index (χ3v) is 4.15. The number of rotatable bonds is 8. The van der Waals surface area contributed by atoms with Crippen molar-refractivity contribution >= 4 is 17.6 Å². The first-order valence-corrected chi connectivity index (χ1v) is 9.63. The molecule has 0 saturated heterocycles. The van der Waals surface area contributed by atoms with E-state index in [1.54, 1.807) is 67.6 Å². The van der Waals surface area contributed by atoms with E-state index in [1.807, 2.05) is 25.1 Å². The van der Waals surface area contributed by atoms with Crippen molar-refractivity contribution in [2.75, 3.05) is 11.9 Å². The van der Waals surface area contributed by atoms with Crippen LogP contribution in [0, 0.1) is 0 Å². The number of hydrogen-bond acceptors (Lipinski definition) is 5. The minimum Gasteiger partial charge on any atom is -0.494 e. The number of nitrogens with one attached hydrogen (secondary N) is 1. The highest BCUT2D eigenvalue weighted by atomic mass is 16.6. The fourth-order valence-corrected chi connectivity index (χ4v) is 2.63. The zero-order chi connectivity index (χ0) is 21.3. The van der Waals surface area contributed by atoms with Crippen LogP contribution in [-0.2, 0) is 4.79 Å². The van der Waals surface area contributed by atoms with Gasteiger partial charge in [-0.3, -0.25) is 4.79 Å². The van der Waals surface area contributed by atoms with Crippen LogP contribution in [0.1, 0.15) is 24.2 Å². The molecule has 1 amide bonds. The van der Waals surface area contributed by atoms with Gasteiger partial charge in [-0.15, -0.1) is 0 Å². The Morgan fingerprint density at radius 2 is 1.43 bits per heavy atom. The van der Waals surface area contributed by atoms with Gasteiger partial charge in [-0.1, -0.05) is 18.2 Å². The van der Waals surface area contributed by atoms with Crippen LogP contribution < -0.4 is 19.5 Å². The summed E-state index contributed by atoms with van der Waals surface area (Å²) < 4.78 is 16.3. The SMILES string of the molecule is CCOc1ccc(OC(C)C(=O)Oc2ccc(C(=O)Nc3ccccc3)cc2)cc1. The third kappa shape index (κ3) is 5.85. The molecule has 1 unspecified atom stereocenters. The van der Waals surface area contributed by atoms with E-state index in [0.29, 0.717) is 29.4 Å². The molecule has 0 aliphatic carbocycles. The van der Waals surface area contributed by atoms with Gasteiger partial charge in [-0.05, 0) is 74.5 Å². The predicted octanol–water partition coefficient (Wildman–Crippen LogP) is 4.71. The van der Waals surface area contributed by atoms with Crippen LogP contribution in [0.5, 0.6) is 17.2 Å². The molecule has 6 nitrogen and oxygen atoms in total. The maximum absolute atomic E-state index is 12.3. The monoisotopic (exact) mass is 405 g/mol. The second-order valence-electron chi connectivity index (χ2n) is 6.43. The molecule has 0 bridgehead atoms. The Bertz CT molecular complexity index is 969. The number of benzene rings is 3. The average molecular weight is 405 g/mol. The molecule has 30 heavy (non-hydrogen) atoms. The molecule has 3 rings (SSSR count). The van der Waals surface area contributed by atoms with Gasteiger partial charge in [-0.2, -0.15) is 0 Å². The van der Waals surface area contributed by atoms with Gasteiger partial charge < -0.3 is 19.5 Å². The molecular weight excluding hydrogens is 382 g/mol. The van der Waals surface area contributed by atoms with E-state index >= 15 is 0 Å². The molecule has 3 aromatic rings. The average Bonchev–Trinajstić information content (AvgIpc) is 2.76. The highest BCUT2D eigenvalue weighted by Gasteiger charge is 2.18. The van der Waals surface area contributed by atoms with E-state index in [-0.39, 0.29) is 5.91 Å². The summed E-state index contributed by atoms with van der Waals surface area (Å²) in [7, 11) is 0. The lowest BCUT2D eigenvalue weighted by molar-refractivity contribution is -0.141. The van der Waals surface area contributed by atoms with E-state index in [4.69, 9.17) is 14.2 Å². The van der Waals surface area contributed by atoms with Gasteiger partial charge in [-0.25, -0.2) is 4.79 Å². The van der Waals surface area contributed by atoms with Crippen LogP contribution in [0.25, 0.3) is 0 Å². The van der Waals surface area contributed by atoms with Gasteiger partial charge >= 0.3 is 5.97 Å². The summed E-state index contributed by atoms with van der Waals surface area (Å²) in [5.41, 5.74) is 1.16. The number of amides is 1. The first-order valence-electron chi connectivity index (χ1n) is 9.63. The second-order valence-corrected chi connectivity index (χ2v) is 6.43. The largest absolute Gasteiger partial charge is 0.494 e. The summed E-state index contributed by atoms with van der Waals surface area (Å²) in [6, 6.07) is 22.5. The summed E-state index contributed by atoms with van der Waals surface area (Å²) in [6.07, 6.45) is -0.802. The van der Waals surface area contributed by atoms with E-state index in [9.17, 15) is 9.59 Å². The molecule has 6 heteroatoms. The summed E-state index contributed by atoms with van der Waals surface area (Å²) in [5, 5.41) is 2.80. The van der Waals surface area contributed by atoms with Gasteiger partial charge in [0.05, 0.1) is 6.61 Å². The Hall–Kier alpha value is -3.80. The van der Waals surface area contributed by atoms with Crippen LogP contribution >= 0.6 is 0 Å². The van der Waals surface area contributed by atoms with Crippen LogP contribution in [-0.4, -0.2) is 24.6 Å². The molecule has 0 spiro atoms. The summed E-state index contributed by atoms with van der Waals surface area (Å²) in [4.78, 5) is 24.6. The molecule has 0 saturated carbocycles. The Kier molecular flexibility index (Phi) is 7.05. The molecule has 3 aromatic carbocycles. The normalized spacial score (nSPS) is 11.3. The predicted molar refractivity (Wildman–Crippen MR) is 114 cm³/mol. The lowest BCUT2D eigenvalue weighted by Gasteiger charge is -2.14. The number of esters is 1. The number of hydrogen-bond donors (Lipinski definition) is 1. The van der Waals surface area contributed by atoms with Crippen molar-refractivity contribution in [3.05, 3.63) is 84.4 Å². The van der Waals surface area contributed by atoms with Gasteiger partial charge in [0.15, 0.2) is 6.10 Å². The molecule has 154 valence electrons. The van der Waals surface area contributed by atoms with E-state index in [2.05, 4.69) is 5.32 Å². The smallest absolute Gasteiger partial charge is 0.352 e. The molecule has 0 aliphatic heterocycles. The zero-order valence-corrected chi connectivity index (χ0v) is 16.8. The van der Waals surface area contributed by atoms with Crippen LogP contribution in [0.2, 0.25) is 0 Å². The van der Waals surface area contributed by atoms with Gasteiger partial charge in [0, 0.05) is 11.3 Å². The summed E-state index contributed by atoms with van der Waals surface area (Å²) >= 11 is 0. The molecule has 0 heterocycles. The number of ether oxygens (including phenoxy) is 3. The first-order chi connectivity index (χ1) is 14.5. The minimum absolute atomic E-state index is 0.244. The lowest BCUT2D eigenvalue weighted by atomic mass is 10.2. The van der Waals surface area contributed by atoms with Gasteiger partial charge in [0.25, 0.3) is 5.91 Å². The van der Waals surface area contributed by atoms with Crippen LogP contribution in [0.15, 0.2) is 78.9 Å². The number of carbonyl (C=O) groups is 2. The van der Waals surface area contributed by atoms with Crippen molar-refractivity contribution in [2.24, 2.45) is 0 Å². The zero-order valence-electron chi connectivity index (χ0n) is 16.8. The van der Waals surface area contributed by atoms with E-state index < -0.39 is 12.1 Å². The highest BCUT2D eigenvalue weighted by Crippen LogP contribution is 2.20. The van der Waals surface area contributed by atoms with Gasteiger partial charge in [0.1, 0.15) is 17.2 Å². The first kappa shape index (κ1) is 20.9. The van der Waals surface area contributed by atoms with E-state index in [0.717, 1.165) is 5.75 Å². The quantitative estimate of drug-likeness (QED) is 0.434. The topological polar surface area (TPSA) is 73.9 Å². The molecule has 0 aromatic heterocycles. The van der Waals surface area contributed by atoms with Gasteiger partial charge in [0.2, 0.25) is 0 Å². The van der Waals surface area contributed by atoms with Crippen molar-refractivity contribution in [2.45, 2.75) is 20.0 Å². The fraction of sp³-hybridized carbons (Fsp3) is 0.167. The summed E-state index contributed by atoms with van der Waals surface area (Å²) in [5.74, 6) is 0.822. The highest BCUT2D eigenvalue weighted by molar-refractivity contribution is 6.04. The Morgan fingerprint density at radius 1 is 0.833 bits per heavy atom. The van der Waals surface area contributed by atoms with Crippen molar-refractivity contribution < 1.29 is 23.8 Å². The minimum atomic E-state index is -0.802. The number of carbonyl (C=O) groups excluding carboxylic acids is 2. The second kappa shape index (κ2) is 10.1. The molecule has 1 atom stereocenters. The number of para-hydroxylation sites is 1. The van der Waals surface area contributed by atoms with Crippen molar-refractivity contribution in [1.29, 1.82) is 0 Å². The standard InChI is InChI=1S/C24H23NO5/c1-3-28-20-13-15-21(16-14-20)29-17(2)24(27)30-22-11-9-18(10-12-22)23(26)25-19-7-5-4-6-8-19/h4-17H,3H2,1-2H3,(H,25,26). The van der Waals surface area contributed by atoms with Crippen molar-refractivity contribution in [3.63, 3.8) is 0 Å². The molecular formula is C24H23NO5. The Morgan fingerprint density at radius 3 is 2.07 bits per heavy atom. The van der Waals surface area contributed by atoms with Crippen LogP contribution in [0.4, 0.5) is 5.69 Å². The van der Waals surface area contributed by atoms with Crippen LogP contribution in [0.3, 0.4) is 0 Å². The third-order valence-electron chi connectivity index (χ3n) is 4.15. The Balaban J connectivity index is 1.53. The molecule has 1 N–H and O–H groups in total. The number of anilines is 1. The van der Waals surface area contributed by atoms with E-state index in [1.165, 1.54) is 0 Å². The lowest BCUT2D eigenvalue weighted by Crippen LogP contribution is -2.28. The maximum atomic E-state index is 12.3. The van der Waals surface area contributed by atoms with Crippen molar-refractivity contribution in [1.82, 2.24) is 0 Å².